The summed E-state index contributed by atoms with van der Waals surface area (Å²) in [7, 11) is 0. The van der Waals surface area contributed by atoms with E-state index in [9.17, 15) is 4.79 Å². The molecule has 0 saturated heterocycles. The number of hydrogen-bond acceptors (Lipinski definition) is 4. The minimum Gasteiger partial charge on any atom is -0.478 e. The summed E-state index contributed by atoms with van der Waals surface area (Å²) in [5.41, 5.74) is 2.87. The van der Waals surface area contributed by atoms with Crippen molar-refractivity contribution in [2.75, 3.05) is 0 Å². The molecule has 102 valence electrons. The molecule has 5 nitrogen and oxygen atoms in total. The van der Waals surface area contributed by atoms with Crippen LogP contribution < -0.4 is 0 Å². The van der Waals surface area contributed by atoms with Crippen LogP contribution in [-0.4, -0.2) is 25.6 Å². The summed E-state index contributed by atoms with van der Waals surface area (Å²) < 4.78 is 2.00. The Kier molecular flexibility index (Phi) is 3.02. The molecular formula is C14H13N3O2S. The predicted molar refractivity (Wildman–Crippen MR) is 77.4 cm³/mol. The molecule has 3 aromatic rings. The molecule has 0 aliphatic carbocycles. The lowest BCUT2D eigenvalue weighted by atomic mass is 10.2. The Labute approximate surface area is 119 Å². The standard InChI is InChI=1S/C14H13N3O2S/c1-8-15-12-4-3-10(14(18)19)5-13(12)17(8)6-11-7-20-9(2)16-11/h3-5,7H,6H2,1-2H3,(H,18,19). The summed E-state index contributed by atoms with van der Waals surface area (Å²) in [6.07, 6.45) is 0. The maximum absolute atomic E-state index is 11.1. The van der Waals surface area contributed by atoms with Crippen LogP contribution in [0.5, 0.6) is 0 Å². The van der Waals surface area contributed by atoms with E-state index in [0.717, 1.165) is 27.6 Å². The van der Waals surface area contributed by atoms with Crippen molar-refractivity contribution in [3.63, 3.8) is 0 Å². The highest BCUT2D eigenvalue weighted by Crippen LogP contribution is 2.20. The normalized spacial score (nSPS) is 11.1. The Balaban J connectivity index is 2.10. The van der Waals surface area contributed by atoms with Crippen molar-refractivity contribution >= 4 is 28.3 Å². The highest BCUT2D eigenvalue weighted by molar-refractivity contribution is 7.09. The molecule has 3 rings (SSSR count). The molecule has 0 amide bonds. The molecule has 2 aromatic heterocycles. The quantitative estimate of drug-likeness (QED) is 0.804. The van der Waals surface area contributed by atoms with Crippen molar-refractivity contribution < 1.29 is 9.90 Å². The van der Waals surface area contributed by atoms with Crippen molar-refractivity contribution in [1.82, 2.24) is 14.5 Å². The predicted octanol–water partition coefficient (Wildman–Crippen LogP) is 2.86. The maximum atomic E-state index is 11.1. The van der Waals surface area contributed by atoms with Crippen LogP contribution in [0.2, 0.25) is 0 Å². The number of imidazole rings is 1. The number of thiazole rings is 1. The van der Waals surface area contributed by atoms with Crippen molar-refractivity contribution in [2.24, 2.45) is 0 Å². The number of carboxylic acid groups (broad SMARTS) is 1. The van der Waals surface area contributed by atoms with Gasteiger partial charge in [0.15, 0.2) is 0 Å². The average Bonchev–Trinajstić information content (AvgIpc) is 2.94. The Morgan fingerprint density at radius 2 is 2.15 bits per heavy atom. The topological polar surface area (TPSA) is 68.0 Å². The number of benzene rings is 1. The zero-order chi connectivity index (χ0) is 14.3. The van der Waals surface area contributed by atoms with Crippen LogP contribution in [0.1, 0.15) is 26.9 Å². The van der Waals surface area contributed by atoms with Crippen LogP contribution in [0.3, 0.4) is 0 Å². The maximum Gasteiger partial charge on any atom is 0.335 e. The molecule has 0 atom stereocenters. The number of nitrogens with zero attached hydrogens (tertiary/aromatic N) is 3. The number of aromatic nitrogens is 3. The van der Waals surface area contributed by atoms with Crippen LogP contribution in [0.25, 0.3) is 11.0 Å². The molecule has 2 heterocycles. The Bertz CT molecular complexity index is 804. The van der Waals surface area contributed by atoms with Gasteiger partial charge < -0.3 is 9.67 Å². The first kappa shape index (κ1) is 12.8. The molecule has 0 bridgehead atoms. The molecule has 0 spiro atoms. The van der Waals surface area contributed by atoms with Gasteiger partial charge in [0, 0.05) is 5.38 Å². The first-order chi connectivity index (χ1) is 9.54. The zero-order valence-electron chi connectivity index (χ0n) is 11.1. The van der Waals surface area contributed by atoms with Crippen molar-refractivity contribution in [1.29, 1.82) is 0 Å². The molecule has 0 aliphatic rings. The Morgan fingerprint density at radius 1 is 1.35 bits per heavy atom. The van der Waals surface area contributed by atoms with Gasteiger partial charge in [0.2, 0.25) is 0 Å². The van der Waals surface area contributed by atoms with Crippen LogP contribution in [-0.2, 0) is 6.54 Å². The Hall–Kier alpha value is -2.21. The minimum absolute atomic E-state index is 0.271. The summed E-state index contributed by atoms with van der Waals surface area (Å²) in [6.45, 7) is 4.49. The second kappa shape index (κ2) is 4.72. The van der Waals surface area contributed by atoms with E-state index in [2.05, 4.69) is 9.97 Å². The summed E-state index contributed by atoms with van der Waals surface area (Å²) in [5.74, 6) is -0.0741. The molecule has 0 aliphatic heterocycles. The summed E-state index contributed by atoms with van der Waals surface area (Å²) in [5, 5.41) is 12.1. The number of rotatable bonds is 3. The highest BCUT2D eigenvalue weighted by atomic mass is 32.1. The largest absolute Gasteiger partial charge is 0.478 e. The van der Waals surface area contributed by atoms with Crippen LogP contribution >= 0.6 is 11.3 Å². The SMILES string of the molecule is Cc1nc(Cn2c(C)nc3ccc(C(=O)O)cc32)cs1. The van der Waals surface area contributed by atoms with Gasteiger partial charge in [-0.25, -0.2) is 14.8 Å². The number of carbonyl (C=O) groups is 1. The van der Waals surface area contributed by atoms with E-state index >= 15 is 0 Å². The van der Waals surface area contributed by atoms with E-state index in [0.29, 0.717) is 6.54 Å². The Morgan fingerprint density at radius 3 is 2.80 bits per heavy atom. The molecule has 1 N–H and O–H groups in total. The third-order valence-electron chi connectivity index (χ3n) is 3.17. The van der Waals surface area contributed by atoms with Crippen LogP contribution in [0, 0.1) is 13.8 Å². The van der Waals surface area contributed by atoms with Gasteiger partial charge in [0.25, 0.3) is 0 Å². The lowest BCUT2D eigenvalue weighted by Crippen LogP contribution is -2.03. The number of fused-ring (bicyclic) bond motifs is 1. The molecule has 0 unspecified atom stereocenters. The second-order valence-corrected chi connectivity index (χ2v) is 5.67. The number of aryl methyl sites for hydroxylation is 2. The van der Waals surface area contributed by atoms with Gasteiger partial charge in [-0.3, -0.25) is 0 Å². The van der Waals surface area contributed by atoms with E-state index in [4.69, 9.17) is 5.11 Å². The van der Waals surface area contributed by atoms with Gasteiger partial charge in [-0.1, -0.05) is 0 Å². The fraction of sp³-hybridized carbons (Fsp3) is 0.214. The van der Waals surface area contributed by atoms with Crippen LogP contribution in [0.15, 0.2) is 23.6 Å². The fourth-order valence-corrected chi connectivity index (χ4v) is 2.82. The van der Waals surface area contributed by atoms with Crippen molar-refractivity contribution in [2.45, 2.75) is 20.4 Å². The van der Waals surface area contributed by atoms with Crippen LogP contribution in [0.4, 0.5) is 0 Å². The first-order valence-corrected chi connectivity index (χ1v) is 7.04. The lowest BCUT2D eigenvalue weighted by Gasteiger charge is -2.05. The minimum atomic E-state index is -0.929. The van der Waals surface area contributed by atoms with Gasteiger partial charge in [-0.2, -0.15) is 0 Å². The number of aromatic carboxylic acids is 1. The van der Waals surface area contributed by atoms with Gasteiger partial charge in [-0.15, -0.1) is 11.3 Å². The van der Waals surface area contributed by atoms with Gasteiger partial charge in [0.1, 0.15) is 5.82 Å². The number of hydrogen-bond donors (Lipinski definition) is 1. The third-order valence-corrected chi connectivity index (χ3v) is 4.00. The zero-order valence-corrected chi connectivity index (χ0v) is 11.9. The van der Waals surface area contributed by atoms with Crippen molar-refractivity contribution in [3.05, 3.63) is 45.7 Å². The molecule has 20 heavy (non-hydrogen) atoms. The molecule has 0 saturated carbocycles. The number of carboxylic acids is 1. The molecule has 6 heteroatoms. The summed E-state index contributed by atoms with van der Waals surface area (Å²) in [6, 6.07) is 4.99. The van der Waals surface area contributed by atoms with E-state index in [1.807, 2.05) is 23.8 Å². The highest BCUT2D eigenvalue weighted by Gasteiger charge is 2.12. The third kappa shape index (κ3) is 2.18. The van der Waals surface area contributed by atoms with Crippen molar-refractivity contribution in [3.8, 4) is 0 Å². The smallest absolute Gasteiger partial charge is 0.335 e. The molecule has 0 radical (unpaired) electrons. The van der Waals surface area contributed by atoms with E-state index in [1.165, 1.54) is 0 Å². The van der Waals surface area contributed by atoms with E-state index in [-0.39, 0.29) is 5.56 Å². The van der Waals surface area contributed by atoms with Gasteiger partial charge in [0.05, 0.1) is 33.8 Å². The van der Waals surface area contributed by atoms with E-state index in [1.54, 1.807) is 29.5 Å². The lowest BCUT2D eigenvalue weighted by molar-refractivity contribution is 0.0697. The summed E-state index contributed by atoms with van der Waals surface area (Å²) >= 11 is 1.61. The van der Waals surface area contributed by atoms with Gasteiger partial charge in [-0.05, 0) is 32.0 Å². The fourth-order valence-electron chi connectivity index (χ4n) is 2.22. The van der Waals surface area contributed by atoms with E-state index < -0.39 is 5.97 Å². The molecule has 1 aromatic carbocycles. The monoisotopic (exact) mass is 287 g/mol. The second-order valence-electron chi connectivity index (χ2n) is 4.61. The van der Waals surface area contributed by atoms with Gasteiger partial charge >= 0.3 is 5.97 Å². The first-order valence-electron chi connectivity index (χ1n) is 6.16. The molecule has 0 fully saturated rings. The average molecular weight is 287 g/mol. The molecular weight excluding hydrogens is 274 g/mol. The summed E-state index contributed by atoms with van der Waals surface area (Å²) in [4.78, 5) is 20.0.